The fourth-order valence-electron chi connectivity index (χ4n) is 2.09. The number of amides is 1. The molecule has 24 heavy (non-hydrogen) atoms. The molecule has 122 valence electrons. The first-order valence-corrected chi connectivity index (χ1v) is 7.98. The van der Waals surface area contributed by atoms with Gasteiger partial charge in [-0.3, -0.25) is 15.1 Å². The predicted octanol–water partition coefficient (Wildman–Crippen LogP) is 3.47. The first-order chi connectivity index (χ1) is 11.7. The van der Waals surface area contributed by atoms with Gasteiger partial charge in [-0.2, -0.15) is 0 Å². The highest BCUT2D eigenvalue weighted by atomic mass is 32.1. The van der Waals surface area contributed by atoms with Crippen LogP contribution in [-0.4, -0.2) is 30.1 Å². The summed E-state index contributed by atoms with van der Waals surface area (Å²) in [6, 6.07) is 8.74. The van der Waals surface area contributed by atoms with E-state index in [0.717, 1.165) is 11.3 Å². The van der Waals surface area contributed by atoms with Crippen molar-refractivity contribution in [3.05, 3.63) is 53.7 Å². The van der Waals surface area contributed by atoms with Crippen LogP contribution in [0.15, 0.2) is 48.1 Å². The third-order valence-electron chi connectivity index (χ3n) is 3.31. The van der Waals surface area contributed by atoms with E-state index in [1.165, 1.54) is 25.6 Å². The molecule has 1 N–H and O–H groups in total. The maximum absolute atomic E-state index is 12.4. The minimum Gasteiger partial charge on any atom is -0.497 e. The Morgan fingerprint density at radius 1 is 1.08 bits per heavy atom. The number of rotatable bonds is 5. The van der Waals surface area contributed by atoms with Gasteiger partial charge in [0.05, 0.1) is 19.9 Å². The zero-order chi connectivity index (χ0) is 16.9. The molecule has 0 fully saturated rings. The van der Waals surface area contributed by atoms with E-state index in [-0.39, 0.29) is 5.91 Å². The van der Waals surface area contributed by atoms with Crippen molar-refractivity contribution in [1.29, 1.82) is 0 Å². The first kappa shape index (κ1) is 15.9. The fraction of sp³-hybridized carbons (Fsp3) is 0.118. The number of carbonyl (C=O) groups excluding carboxylic acids is 1. The molecule has 0 unspecified atom stereocenters. The largest absolute Gasteiger partial charge is 0.497 e. The van der Waals surface area contributed by atoms with Crippen molar-refractivity contribution >= 4 is 22.4 Å². The quantitative estimate of drug-likeness (QED) is 0.769. The topological polar surface area (TPSA) is 73.3 Å². The third kappa shape index (κ3) is 3.52. The molecule has 3 aromatic rings. The Kier molecular flexibility index (Phi) is 4.72. The smallest absolute Gasteiger partial charge is 0.257 e. The van der Waals surface area contributed by atoms with Gasteiger partial charge in [-0.05, 0) is 24.3 Å². The maximum atomic E-state index is 12.4. The average Bonchev–Trinajstić information content (AvgIpc) is 3.10. The number of ether oxygens (including phenoxy) is 2. The summed E-state index contributed by atoms with van der Waals surface area (Å²) in [5.74, 6) is 0.829. The number of carbonyl (C=O) groups is 1. The Morgan fingerprint density at radius 3 is 2.38 bits per heavy atom. The van der Waals surface area contributed by atoms with Crippen molar-refractivity contribution in [2.75, 3.05) is 19.5 Å². The van der Waals surface area contributed by atoms with Crippen LogP contribution in [0.1, 0.15) is 10.4 Å². The van der Waals surface area contributed by atoms with E-state index < -0.39 is 0 Å². The van der Waals surface area contributed by atoms with Crippen molar-refractivity contribution < 1.29 is 14.3 Å². The van der Waals surface area contributed by atoms with Gasteiger partial charge in [0.1, 0.15) is 11.5 Å². The molecule has 0 saturated carbocycles. The zero-order valence-corrected chi connectivity index (χ0v) is 14.0. The van der Waals surface area contributed by atoms with Crippen LogP contribution in [0, 0.1) is 0 Å². The number of nitrogens with zero attached hydrogens (tertiary/aromatic N) is 2. The molecule has 0 atom stereocenters. The monoisotopic (exact) mass is 341 g/mol. The molecule has 0 aliphatic carbocycles. The number of nitrogens with one attached hydrogen (secondary N) is 1. The van der Waals surface area contributed by atoms with E-state index in [9.17, 15) is 4.79 Å². The summed E-state index contributed by atoms with van der Waals surface area (Å²) in [5, 5.41) is 5.20. The molecule has 0 bridgehead atoms. The van der Waals surface area contributed by atoms with Gasteiger partial charge in [-0.15, -0.1) is 11.3 Å². The normalized spacial score (nSPS) is 10.2. The van der Waals surface area contributed by atoms with Crippen LogP contribution in [-0.2, 0) is 0 Å². The van der Waals surface area contributed by atoms with Gasteiger partial charge >= 0.3 is 0 Å². The number of hydrogen-bond donors (Lipinski definition) is 1. The minimum atomic E-state index is -0.275. The first-order valence-electron chi connectivity index (χ1n) is 7.10. The summed E-state index contributed by atoms with van der Waals surface area (Å²) in [5.41, 5.74) is 2.18. The van der Waals surface area contributed by atoms with Crippen molar-refractivity contribution in [3.63, 3.8) is 0 Å². The second-order valence-electron chi connectivity index (χ2n) is 4.83. The predicted molar refractivity (Wildman–Crippen MR) is 92.8 cm³/mol. The summed E-state index contributed by atoms with van der Waals surface area (Å²) >= 11 is 1.36. The van der Waals surface area contributed by atoms with Crippen LogP contribution < -0.4 is 14.8 Å². The number of aromatic nitrogens is 2. The molecule has 3 rings (SSSR count). The van der Waals surface area contributed by atoms with Gasteiger partial charge in [0.15, 0.2) is 5.13 Å². The van der Waals surface area contributed by atoms with Gasteiger partial charge in [-0.1, -0.05) is 0 Å². The van der Waals surface area contributed by atoms with Crippen molar-refractivity contribution in [2.24, 2.45) is 0 Å². The van der Waals surface area contributed by atoms with E-state index >= 15 is 0 Å². The molecule has 2 aromatic heterocycles. The summed E-state index contributed by atoms with van der Waals surface area (Å²) < 4.78 is 10.4. The molecule has 0 spiro atoms. The zero-order valence-electron chi connectivity index (χ0n) is 13.1. The van der Waals surface area contributed by atoms with Crippen LogP contribution in [0.25, 0.3) is 11.3 Å². The number of benzene rings is 1. The molecule has 0 aliphatic heterocycles. The summed E-state index contributed by atoms with van der Waals surface area (Å²) in [6.07, 6.45) is 3.41. The number of anilines is 1. The number of methoxy groups -OCH3 is 2. The fourth-order valence-corrected chi connectivity index (χ4v) is 2.81. The van der Waals surface area contributed by atoms with Crippen LogP contribution in [0.5, 0.6) is 11.5 Å². The van der Waals surface area contributed by atoms with Gasteiger partial charge in [-0.25, -0.2) is 4.98 Å². The summed E-state index contributed by atoms with van der Waals surface area (Å²) in [6.45, 7) is 0. The Hall–Kier alpha value is -2.93. The van der Waals surface area contributed by atoms with Gasteiger partial charge in [0.25, 0.3) is 5.91 Å². The lowest BCUT2D eigenvalue weighted by Gasteiger charge is -2.08. The number of hydrogen-bond acceptors (Lipinski definition) is 6. The molecule has 2 heterocycles. The highest BCUT2D eigenvalue weighted by molar-refractivity contribution is 7.14. The van der Waals surface area contributed by atoms with Gasteiger partial charge < -0.3 is 9.47 Å². The lowest BCUT2D eigenvalue weighted by atomic mass is 10.2. The van der Waals surface area contributed by atoms with Crippen LogP contribution in [0.2, 0.25) is 0 Å². The average molecular weight is 341 g/mol. The molecular weight excluding hydrogens is 326 g/mol. The van der Waals surface area contributed by atoms with E-state index in [1.807, 2.05) is 17.5 Å². The Balaban J connectivity index is 1.79. The Morgan fingerprint density at radius 2 is 1.75 bits per heavy atom. The molecular formula is C17H15N3O3S. The molecule has 7 heteroatoms. The van der Waals surface area contributed by atoms with E-state index in [0.29, 0.717) is 22.2 Å². The van der Waals surface area contributed by atoms with Crippen molar-refractivity contribution in [1.82, 2.24) is 9.97 Å². The standard InChI is InChI=1S/C17H15N3O3S/c1-22-13-7-12(8-14(9-13)23-2)16(21)20-17-19-15(10-24-17)11-3-5-18-6-4-11/h3-10H,1-2H3,(H,19,20,21). The molecule has 0 saturated heterocycles. The molecule has 1 aromatic carbocycles. The van der Waals surface area contributed by atoms with Crippen molar-refractivity contribution in [2.45, 2.75) is 0 Å². The van der Waals surface area contributed by atoms with Gasteiger partial charge in [0, 0.05) is 35.0 Å². The number of pyridine rings is 1. The molecule has 0 aliphatic rings. The second-order valence-corrected chi connectivity index (χ2v) is 5.69. The SMILES string of the molecule is COc1cc(OC)cc(C(=O)Nc2nc(-c3ccncc3)cs2)c1. The highest BCUT2D eigenvalue weighted by Crippen LogP contribution is 2.26. The van der Waals surface area contributed by atoms with Crippen molar-refractivity contribution in [3.8, 4) is 22.8 Å². The van der Waals surface area contributed by atoms with Gasteiger partial charge in [0.2, 0.25) is 0 Å². The minimum absolute atomic E-state index is 0.275. The van der Waals surface area contributed by atoms with Crippen LogP contribution >= 0.6 is 11.3 Å². The molecule has 1 amide bonds. The highest BCUT2D eigenvalue weighted by Gasteiger charge is 2.12. The van der Waals surface area contributed by atoms with Crippen LogP contribution in [0.3, 0.4) is 0 Å². The summed E-state index contributed by atoms with van der Waals surface area (Å²) in [7, 11) is 3.08. The van der Waals surface area contributed by atoms with Crippen LogP contribution in [0.4, 0.5) is 5.13 Å². The molecule has 0 radical (unpaired) electrons. The van der Waals surface area contributed by atoms with E-state index in [2.05, 4.69) is 15.3 Å². The number of thiazole rings is 1. The maximum Gasteiger partial charge on any atom is 0.257 e. The van der Waals surface area contributed by atoms with E-state index in [1.54, 1.807) is 30.6 Å². The lowest BCUT2D eigenvalue weighted by Crippen LogP contribution is -2.12. The summed E-state index contributed by atoms with van der Waals surface area (Å²) in [4.78, 5) is 20.8. The Labute approximate surface area is 143 Å². The Bertz CT molecular complexity index is 827. The molecule has 6 nitrogen and oxygen atoms in total. The second kappa shape index (κ2) is 7.10. The lowest BCUT2D eigenvalue weighted by molar-refractivity contribution is 0.102. The third-order valence-corrected chi connectivity index (χ3v) is 4.07. The van der Waals surface area contributed by atoms with E-state index in [4.69, 9.17) is 9.47 Å².